The molecule has 0 spiro atoms. The topological polar surface area (TPSA) is 85.4 Å². The van der Waals surface area contributed by atoms with E-state index >= 15 is 0 Å². The maximum atomic E-state index is 12.9. The van der Waals surface area contributed by atoms with E-state index in [9.17, 15) is 4.79 Å². The van der Waals surface area contributed by atoms with Crippen LogP contribution in [0, 0.1) is 6.92 Å². The van der Waals surface area contributed by atoms with Crippen LogP contribution in [0.3, 0.4) is 0 Å². The first-order valence-corrected chi connectivity index (χ1v) is 12.9. The van der Waals surface area contributed by atoms with Gasteiger partial charge in [0.1, 0.15) is 11.6 Å². The Hall–Kier alpha value is -3.49. The Morgan fingerprint density at radius 3 is 2.67 bits per heavy atom. The molecule has 1 amide bonds. The van der Waals surface area contributed by atoms with Crippen molar-refractivity contribution in [3.05, 3.63) is 65.9 Å². The highest BCUT2D eigenvalue weighted by Gasteiger charge is 2.15. The van der Waals surface area contributed by atoms with Crippen LogP contribution in [0.5, 0.6) is 0 Å². The lowest BCUT2D eigenvalue weighted by Gasteiger charge is -2.28. The fraction of sp³-hybridized carbons (Fsp3) is 0.393. The molecule has 3 N–H and O–H groups in total. The molecule has 2 aliphatic heterocycles. The molecule has 3 aromatic rings. The minimum Gasteiger partial charge on any atom is -0.354 e. The van der Waals surface area contributed by atoms with Crippen molar-refractivity contribution in [2.24, 2.45) is 0 Å². The molecule has 2 aliphatic rings. The Kier molecular flexibility index (Phi) is 7.73. The van der Waals surface area contributed by atoms with Gasteiger partial charge in [-0.3, -0.25) is 4.79 Å². The predicted molar refractivity (Wildman–Crippen MR) is 145 cm³/mol. The molecule has 5 rings (SSSR count). The lowest BCUT2D eigenvalue weighted by atomic mass is 10.1. The van der Waals surface area contributed by atoms with E-state index in [4.69, 9.17) is 4.98 Å². The van der Waals surface area contributed by atoms with E-state index in [0.717, 1.165) is 80.0 Å². The van der Waals surface area contributed by atoms with E-state index in [1.54, 1.807) is 6.20 Å². The highest BCUT2D eigenvalue weighted by atomic mass is 16.1. The number of hydrogen-bond acceptors (Lipinski definition) is 7. The zero-order chi connectivity index (χ0) is 24.7. The van der Waals surface area contributed by atoms with Gasteiger partial charge in [-0.2, -0.15) is 0 Å². The molecule has 36 heavy (non-hydrogen) atoms. The van der Waals surface area contributed by atoms with Gasteiger partial charge in [0.2, 0.25) is 0 Å². The summed E-state index contributed by atoms with van der Waals surface area (Å²) in [5, 5.41) is 9.88. The molecule has 0 saturated carbocycles. The minimum absolute atomic E-state index is 0.0361. The summed E-state index contributed by atoms with van der Waals surface area (Å²) in [4.78, 5) is 27.0. The number of benzene rings is 1. The average Bonchev–Trinajstić information content (AvgIpc) is 3.44. The van der Waals surface area contributed by atoms with Crippen LogP contribution in [-0.2, 0) is 0 Å². The molecular weight excluding hydrogens is 450 g/mol. The van der Waals surface area contributed by atoms with Crippen molar-refractivity contribution in [1.82, 2.24) is 25.5 Å². The van der Waals surface area contributed by atoms with Crippen LogP contribution in [0.2, 0.25) is 0 Å². The van der Waals surface area contributed by atoms with Crippen molar-refractivity contribution < 1.29 is 4.79 Å². The molecule has 0 unspecified atom stereocenters. The average molecular weight is 486 g/mol. The van der Waals surface area contributed by atoms with Gasteiger partial charge in [-0.05, 0) is 74.8 Å². The second-order valence-electron chi connectivity index (χ2n) is 9.46. The zero-order valence-corrected chi connectivity index (χ0v) is 21.0. The van der Waals surface area contributed by atoms with E-state index in [1.165, 1.54) is 12.8 Å². The lowest BCUT2D eigenvalue weighted by Crippen LogP contribution is -2.43. The van der Waals surface area contributed by atoms with Crippen LogP contribution in [0.15, 0.2) is 54.7 Å². The first-order chi connectivity index (χ1) is 17.7. The summed E-state index contributed by atoms with van der Waals surface area (Å²) < 4.78 is 0. The molecule has 2 aromatic heterocycles. The molecule has 0 aliphatic carbocycles. The third-order valence-electron chi connectivity index (χ3n) is 6.98. The Morgan fingerprint density at radius 2 is 1.83 bits per heavy atom. The normalized spacial score (nSPS) is 16.2. The first kappa shape index (κ1) is 24.2. The molecule has 188 valence electrons. The standard InChI is InChI=1S/C28H35N7O/c1-21-23(28(36)31-14-17-34-15-2-3-16-34)6-4-7-24(21)32-26-20-22(10-11-30-26)25-8-5-9-27(33-25)35-18-12-29-13-19-35/h4-11,20,29H,2-3,12-19H2,1H3,(H,30,32)(H,31,36). The monoisotopic (exact) mass is 485 g/mol. The number of carbonyl (C=O) groups excluding carboxylic acids is 1. The van der Waals surface area contributed by atoms with Crippen LogP contribution < -0.4 is 20.9 Å². The number of likely N-dealkylation sites (tertiary alicyclic amines) is 1. The SMILES string of the molecule is Cc1c(Nc2cc(-c3cccc(N4CCNCC4)n3)ccn2)cccc1C(=O)NCCN1CCCC1. The fourth-order valence-corrected chi connectivity index (χ4v) is 4.90. The van der Waals surface area contributed by atoms with Crippen molar-refractivity contribution in [2.45, 2.75) is 19.8 Å². The number of rotatable bonds is 8. The van der Waals surface area contributed by atoms with Crippen LogP contribution in [0.25, 0.3) is 11.3 Å². The third kappa shape index (κ3) is 5.83. The van der Waals surface area contributed by atoms with E-state index in [-0.39, 0.29) is 5.91 Å². The van der Waals surface area contributed by atoms with E-state index in [2.05, 4.69) is 42.9 Å². The highest BCUT2D eigenvalue weighted by molar-refractivity contribution is 5.97. The molecule has 2 saturated heterocycles. The molecule has 2 fully saturated rings. The molecule has 8 nitrogen and oxygen atoms in total. The summed E-state index contributed by atoms with van der Waals surface area (Å²) >= 11 is 0. The molecule has 4 heterocycles. The van der Waals surface area contributed by atoms with Gasteiger partial charge in [0.25, 0.3) is 5.91 Å². The number of amides is 1. The zero-order valence-electron chi connectivity index (χ0n) is 21.0. The maximum absolute atomic E-state index is 12.9. The van der Waals surface area contributed by atoms with Gasteiger partial charge in [0, 0.05) is 62.3 Å². The number of nitrogens with one attached hydrogen (secondary N) is 3. The number of hydrogen-bond donors (Lipinski definition) is 3. The summed E-state index contributed by atoms with van der Waals surface area (Å²) in [5.41, 5.74) is 4.37. The van der Waals surface area contributed by atoms with E-state index < -0.39 is 0 Å². The largest absolute Gasteiger partial charge is 0.354 e. The second kappa shape index (κ2) is 11.5. The van der Waals surface area contributed by atoms with E-state index in [0.29, 0.717) is 12.1 Å². The summed E-state index contributed by atoms with van der Waals surface area (Å²) in [6.07, 6.45) is 4.31. The highest BCUT2D eigenvalue weighted by Crippen LogP contribution is 2.26. The van der Waals surface area contributed by atoms with Gasteiger partial charge in [-0.25, -0.2) is 9.97 Å². The number of anilines is 3. The Morgan fingerprint density at radius 1 is 1.03 bits per heavy atom. The molecule has 0 atom stereocenters. The predicted octanol–water partition coefficient (Wildman–Crippen LogP) is 3.43. The number of piperazine rings is 1. The molecule has 8 heteroatoms. The number of nitrogens with zero attached hydrogens (tertiary/aromatic N) is 4. The smallest absolute Gasteiger partial charge is 0.251 e. The summed E-state index contributed by atoms with van der Waals surface area (Å²) in [6.45, 7) is 9.69. The Labute approximate surface area is 213 Å². The van der Waals surface area contributed by atoms with Gasteiger partial charge in [0.05, 0.1) is 5.69 Å². The summed E-state index contributed by atoms with van der Waals surface area (Å²) in [5.74, 6) is 1.68. The number of carbonyl (C=O) groups is 1. The maximum Gasteiger partial charge on any atom is 0.251 e. The van der Waals surface area contributed by atoms with Crippen LogP contribution in [0.1, 0.15) is 28.8 Å². The van der Waals surface area contributed by atoms with Crippen molar-refractivity contribution in [3.8, 4) is 11.3 Å². The van der Waals surface area contributed by atoms with Gasteiger partial charge in [0.15, 0.2) is 0 Å². The van der Waals surface area contributed by atoms with Crippen molar-refractivity contribution in [3.63, 3.8) is 0 Å². The minimum atomic E-state index is -0.0361. The Bertz CT molecular complexity index is 1190. The van der Waals surface area contributed by atoms with Gasteiger partial charge >= 0.3 is 0 Å². The molecule has 1 aromatic carbocycles. The number of pyridine rings is 2. The van der Waals surface area contributed by atoms with Crippen molar-refractivity contribution >= 4 is 23.2 Å². The van der Waals surface area contributed by atoms with Crippen LogP contribution >= 0.6 is 0 Å². The number of aromatic nitrogens is 2. The molecule has 0 radical (unpaired) electrons. The van der Waals surface area contributed by atoms with Crippen molar-refractivity contribution in [1.29, 1.82) is 0 Å². The Balaban J connectivity index is 1.27. The van der Waals surface area contributed by atoms with Crippen LogP contribution in [0.4, 0.5) is 17.3 Å². The quantitative estimate of drug-likeness (QED) is 0.451. The first-order valence-electron chi connectivity index (χ1n) is 12.9. The molecular formula is C28H35N7O. The summed E-state index contributed by atoms with van der Waals surface area (Å²) in [7, 11) is 0. The van der Waals surface area contributed by atoms with Gasteiger partial charge in [-0.1, -0.05) is 12.1 Å². The third-order valence-corrected chi connectivity index (χ3v) is 6.98. The fourth-order valence-electron chi connectivity index (χ4n) is 4.90. The van der Waals surface area contributed by atoms with Crippen LogP contribution in [-0.4, -0.2) is 73.1 Å². The van der Waals surface area contributed by atoms with E-state index in [1.807, 2.05) is 43.3 Å². The second-order valence-corrected chi connectivity index (χ2v) is 9.46. The lowest BCUT2D eigenvalue weighted by molar-refractivity contribution is 0.0949. The molecule has 0 bridgehead atoms. The van der Waals surface area contributed by atoms with Crippen molar-refractivity contribution in [2.75, 3.05) is 62.6 Å². The van der Waals surface area contributed by atoms with Gasteiger partial charge < -0.3 is 25.8 Å². The summed E-state index contributed by atoms with van der Waals surface area (Å²) in [6, 6.07) is 15.9. The van der Waals surface area contributed by atoms with Gasteiger partial charge in [-0.15, -0.1) is 0 Å².